The maximum Gasteiger partial charge on any atom is 0.269 e. The summed E-state index contributed by atoms with van der Waals surface area (Å²) < 4.78 is 0. The molecular formula is C13H19ClN2O2. The molecule has 0 unspecified atom stereocenters. The molecule has 1 aromatic carbocycles. The van der Waals surface area contributed by atoms with Crippen LogP contribution in [0.2, 0.25) is 0 Å². The first kappa shape index (κ1) is 14.8. The minimum atomic E-state index is -0.390. The van der Waals surface area contributed by atoms with Gasteiger partial charge >= 0.3 is 0 Å². The van der Waals surface area contributed by atoms with Crippen molar-refractivity contribution in [2.75, 3.05) is 18.0 Å². The molecule has 0 saturated carbocycles. The largest absolute Gasteiger partial charge is 0.371 e. The summed E-state index contributed by atoms with van der Waals surface area (Å²) in [5, 5.41) is 10.7. The summed E-state index contributed by atoms with van der Waals surface area (Å²) in [4.78, 5) is 12.6. The van der Waals surface area contributed by atoms with Crippen molar-refractivity contribution in [3.8, 4) is 0 Å². The van der Waals surface area contributed by atoms with E-state index in [-0.39, 0.29) is 11.6 Å². The highest BCUT2D eigenvalue weighted by molar-refractivity contribution is 6.17. The molecule has 0 aliphatic heterocycles. The number of hydrogen-bond donors (Lipinski definition) is 0. The van der Waals surface area contributed by atoms with Gasteiger partial charge in [-0.3, -0.25) is 10.1 Å². The van der Waals surface area contributed by atoms with Gasteiger partial charge in [0.2, 0.25) is 0 Å². The Morgan fingerprint density at radius 1 is 1.44 bits per heavy atom. The average molecular weight is 271 g/mol. The molecule has 0 bridgehead atoms. The van der Waals surface area contributed by atoms with Crippen LogP contribution in [0, 0.1) is 16.0 Å². The molecule has 0 spiro atoms. The van der Waals surface area contributed by atoms with E-state index < -0.39 is 4.92 Å². The highest BCUT2D eigenvalue weighted by atomic mass is 35.5. The summed E-state index contributed by atoms with van der Waals surface area (Å²) >= 11 is 5.90. The summed E-state index contributed by atoms with van der Waals surface area (Å²) in [6.07, 6.45) is 0. The van der Waals surface area contributed by atoms with E-state index in [1.165, 1.54) is 6.07 Å². The van der Waals surface area contributed by atoms with E-state index >= 15 is 0 Å². The van der Waals surface area contributed by atoms with Gasteiger partial charge in [0.1, 0.15) is 0 Å². The first-order valence-electron chi connectivity index (χ1n) is 6.07. The van der Waals surface area contributed by atoms with Crippen molar-refractivity contribution in [3.05, 3.63) is 33.9 Å². The van der Waals surface area contributed by atoms with E-state index in [0.717, 1.165) is 24.3 Å². The van der Waals surface area contributed by atoms with Crippen molar-refractivity contribution < 1.29 is 4.92 Å². The maximum atomic E-state index is 10.7. The smallest absolute Gasteiger partial charge is 0.269 e. The van der Waals surface area contributed by atoms with Crippen LogP contribution in [0.1, 0.15) is 26.3 Å². The lowest BCUT2D eigenvalue weighted by molar-refractivity contribution is -0.384. The fraction of sp³-hybridized carbons (Fsp3) is 0.538. The molecule has 5 heteroatoms. The lowest BCUT2D eigenvalue weighted by Gasteiger charge is -2.27. The second-order valence-corrected chi connectivity index (χ2v) is 4.90. The Hall–Kier alpha value is -1.29. The number of alkyl halides is 1. The zero-order chi connectivity index (χ0) is 13.7. The van der Waals surface area contributed by atoms with Gasteiger partial charge in [0.25, 0.3) is 5.69 Å². The van der Waals surface area contributed by atoms with Gasteiger partial charge in [-0.25, -0.2) is 0 Å². The molecule has 0 aliphatic carbocycles. The fourth-order valence-electron chi connectivity index (χ4n) is 1.94. The van der Waals surface area contributed by atoms with Crippen LogP contribution in [0.15, 0.2) is 18.2 Å². The SMILES string of the molecule is CCN(CC(C)C)c1ccc([N+](=O)[O-])cc1CCl. The monoisotopic (exact) mass is 270 g/mol. The molecule has 1 rings (SSSR count). The quantitative estimate of drug-likeness (QED) is 0.448. The van der Waals surface area contributed by atoms with Crippen molar-refractivity contribution >= 4 is 23.0 Å². The van der Waals surface area contributed by atoms with Gasteiger partial charge in [0.05, 0.1) is 4.92 Å². The van der Waals surface area contributed by atoms with Gasteiger partial charge < -0.3 is 4.90 Å². The number of anilines is 1. The molecule has 1 aromatic rings. The highest BCUT2D eigenvalue weighted by Crippen LogP contribution is 2.27. The normalized spacial score (nSPS) is 10.7. The molecule has 18 heavy (non-hydrogen) atoms. The van der Waals surface area contributed by atoms with E-state index in [1.54, 1.807) is 12.1 Å². The van der Waals surface area contributed by atoms with Crippen LogP contribution in [0.4, 0.5) is 11.4 Å². The van der Waals surface area contributed by atoms with Crippen LogP contribution in [-0.2, 0) is 5.88 Å². The second kappa shape index (κ2) is 6.59. The Kier molecular flexibility index (Phi) is 5.41. The highest BCUT2D eigenvalue weighted by Gasteiger charge is 2.15. The van der Waals surface area contributed by atoms with Gasteiger partial charge in [0, 0.05) is 36.8 Å². The predicted octanol–water partition coefficient (Wildman–Crippen LogP) is 3.82. The zero-order valence-electron chi connectivity index (χ0n) is 11.0. The van der Waals surface area contributed by atoms with Gasteiger partial charge in [-0.2, -0.15) is 0 Å². The molecule has 0 amide bonds. The summed E-state index contributed by atoms with van der Waals surface area (Å²) in [5.74, 6) is 0.814. The first-order chi connectivity index (χ1) is 8.49. The first-order valence-corrected chi connectivity index (χ1v) is 6.61. The summed E-state index contributed by atoms with van der Waals surface area (Å²) in [7, 11) is 0. The predicted molar refractivity (Wildman–Crippen MR) is 75.4 cm³/mol. The third-order valence-electron chi connectivity index (χ3n) is 2.73. The fourth-order valence-corrected chi connectivity index (χ4v) is 2.15. The number of rotatable bonds is 6. The minimum absolute atomic E-state index is 0.0926. The lowest BCUT2D eigenvalue weighted by Crippen LogP contribution is -2.28. The Morgan fingerprint density at radius 3 is 2.56 bits per heavy atom. The number of hydrogen-bond acceptors (Lipinski definition) is 3. The van der Waals surface area contributed by atoms with Crippen molar-refractivity contribution in [2.45, 2.75) is 26.7 Å². The molecule has 0 aromatic heterocycles. The molecule has 0 N–H and O–H groups in total. The molecule has 0 fully saturated rings. The summed E-state index contributed by atoms with van der Waals surface area (Å²) in [6.45, 7) is 8.14. The van der Waals surface area contributed by atoms with Crippen LogP contribution >= 0.6 is 11.6 Å². The number of halogens is 1. The van der Waals surface area contributed by atoms with E-state index in [0.29, 0.717) is 5.92 Å². The number of benzene rings is 1. The maximum absolute atomic E-state index is 10.7. The molecule has 0 saturated heterocycles. The summed E-state index contributed by atoms with van der Waals surface area (Å²) in [6, 6.07) is 4.89. The third-order valence-corrected chi connectivity index (χ3v) is 3.01. The number of non-ortho nitro benzene ring substituents is 1. The average Bonchev–Trinajstić information content (AvgIpc) is 2.34. The molecule has 0 aliphatic rings. The number of nitro benzene ring substituents is 1. The van der Waals surface area contributed by atoms with E-state index in [4.69, 9.17) is 11.6 Å². The van der Waals surface area contributed by atoms with E-state index in [9.17, 15) is 10.1 Å². The lowest BCUT2D eigenvalue weighted by atomic mass is 10.1. The second-order valence-electron chi connectivity index (χ2n) is 4.64. The van der Waals surface area contributed by atoms with E-state index in [1.807, 2.05) is 0 Å². The Morgan fingerprint density at radius 2 is 2.11 bits per heavy atom. The zero-order valence-corrected chi connectivity index (χ0v) is 11.8. The van der Waals surface area contributed by atoms with E-state index in [2.05, 4.69) is 25.7 Å². The third kappa shape index (κ3) is 3.60. The Labute approximate surface area is 113 Å². The van der Waals surface area contributed by atoms with Gasteiger partial charge in [-0.05, 0) is 24.5 Å². The van der Waals surface area contributed by atoms with Gasteiger partial charge in [-0.15, -0.1) is 11.6 Å². The van der Waals surface area contributed by atoms with Crippen LogP contribution in [0.3, 0.4) is 0 Å². The number of nitro groups is 1. The molecule has 0 radical (unpaired) electrons. The van der Waals surface area contributed by atoms with Crippen LogP contribution in [0.25, 0.3) is 0 Å². The van der Waals surface area contributed by atoms with Gasteiger partial charge in [0.15, 0.2) is 0 Å². The van der Waals surface area contributed by atoms with Crippen LogP contribution in [0.5, 0.6) is 0 Å². The molecule has 0 heterocycles. The Balaban J connectivity index is 3.10. The summed E-state index contributed by atoms with van der Waals surface area (Å²) in [5.41, 5.74) is 1.90. The van der Waals surface area contributed by atoms with Crippen LogP contribution in [-0.4, -0.2) is 18.0 Å². The molecule has 4 nitrogen and oxygen atoms in total. The minimum Gasteiger partial charge on any atom is -0.371 e. The number of nitrogens with zero attached hydrogens (tertiary/aromatic N) is 2. The van der Waals surface area contributed by atoms with Crippen molar-refractivity contribution in [2.24, 2.45) is 5.92 Å². The topological polar surface area (TPSA) is 46.4 Å². The van der Waals surface area contributed by atoms with Crippen molar-refractivity contribution in [1.29, 1.82) is 0 Å². The van der Waals surface area contributed by atoms with Crippen molar-refractivity contribution in [3.63, 3.8) is 0 Å². The van der Waals surface area contributed by atoms with Gasteiger partial charge in [-0.1, -0.05) is 13.8 Å². The standard InChI is InChI=1S/C13H19ClN2O2/c1-4-15(9-10(2)3)13-6-5-12(16(17)18)7-11(13)8-14/h5-7,10H,4,8-9H2,1-3H3. The van der Waals surface area contributed by atoms with Crippen molar-refractivity contribution in [1.82, 2.24) is 0 Å². The molecular weight excluding hydrogens is 252 g/mol. The Bertz CT molecular complexity index is 421. The van der Waals surface area contributed by atoms with Crippen LogP contribution < -0.4 is 4.90 Å². The molecule has 100 valence electrons. The molecule has 0 atom stereocenters.